The van der Waals surface area contributed by atoms with Crippen molar-refractivity contribution in [1.29, 1.82) is 0 Å². The van der Waals surface area contributed by atoms with Gasteiger partial charge < -0.3 is 15.4 Å². The van der Waals surface area contributed by atoms with Gasteiger partial charge >= 0.3 is 16.4 Å². The van der Waals surface area contributed by atoms with Gasteiger partial charge in [0.05, 0.1) is 28.9 Å². The average Bonchev–Trinajstić information content (AvgIpc) is 3.61. The number of carbonyl (C=O) groups excluding carboxylic acids is 2. The molecule has 210 valence electrons. The van der Waals surface area contributed by atoms with Gasteiger partial charge in [0.2, 0.25) is 5.91 Å². The second kappa shape index (κ2) is 13.5. The fourth-order valence-electron chi connectivity index (χ4n) is 3.93. The number of thiophene rings is 1. The third-order valence-electron chi connectivity index (χ3n) is 5.72. The Morgan fingerprint density at radius 1 is 0.950 bits per heavy atom. The maximum atomic E-state index is 13.6. The molecule has 0 saturated heterocycles. The van der Waals surface area contributed by atoms with Crippen molar-refractivity contribution in [2.24, 2.45) is 0 Å². The minimum absolute atomic E-state index is 0.168. The highest BCUT2D eigenvalue weighted by Gasteiger charge is 2.27. The molecule has 2 atom stereocenters. The van der Waals surface area contributed by atoms with E-state index in [-0.39, 0.29) is 18.7 Å². The molecule has 0 aliphatic carbocycles. The number of aromatic nitrogens is 1. The van der Waals surface area contributed by atoms with Gasteiger partial charge in [-0.3, -0.25) is 14.1 Å². The van der Waals surface area contributed by atoms with E-state index < -0.39 is 34.4 Å². The summed E-state index contributed by atoms with van der Waals surface area (Å²) >= 11 is 2.97. The summed E-state index contributed by atoms with van der Waals surface area (Å²) in [5.74, 6) is -0.403. The fourth-order valence-corrected chi connectivity index (χ4v) is 5.99. The van der Waals surface area contributed by atoms with Gasteiger partial charge in [0.25, 0.3) is 0 Å². The normalized spacial score (nSPS) is 12.8. The predicted molar refractivity (Wildman–Crippen MR) is 156 cm³/mol. The maximum absolute atomic E-state index is 13.6. The van der Waals surface area contributed by atoms with Crippen LogP contribution in [0.4, 0.5) is 10.5 Å². The molecule has 13 heteroatoms. The Balaban J connectivity index is 1.59. The van der Waals surface area contributed by atoms with Crippen LogP contribution >= 0.6 is 22.7 Å². The van der Waals surface area contributed by atoms with Crippen molar-refractivity contribution < 1.29 is 27.3 Å². The van der Waals surface area contributed by atoms with E-state index in [2.05, 4.69) is 10.6 Å². The van der Waals surface area contributed by atoms with Crippen LogP contribution in [0.2, 0.25) is 0 Å². The molecule has 2 amide bonds. The first-order chi connectivity index (χ1) is 19.2. The van der Waals surface area contributed by atoms with Crippen molar-refractivity contribution >= 4 is 50.7 Å². The number of nitrogens with one attached hydrogen (secondary N) is 3. The lowest BCUT2D eigenvalue weighted by molar-refractivity contribution is -0.123. The zero-order chi connectivity index (χ0) is 28.5. The fraction of sp³-hybridized carbons (Fsp3) is 0.222. The summed E-state index contributed by atoms with van der Waals surface area (Å²) in [4.78, 5) is 31.7. The van der Waals surface area contributed by atoms with Crippen molar-refractivity contribution in [3.05, 3.63) is 93.6 Å². The Kier molecular flexibility index (Phi) is 9.88. The summed E-state index contributed by atoms with van der Waals surface area (Å²) in [6.45, 7) is 1.85. The van der Waals surface area contributed by atoms with Gasteiger partial charge in [-0.05, 0) is 48.1 Å². The number of alkyl carbamates (subject to hydrolysis) is 1. The molecule has 0 fully saturated rings. The monoisotopic (exact) mass is 600 g/mol. The molecular formula is C27H28N4O6S3. The molecule has 4 N–H and O–H groups in total. The molecule has 0 bridgehead atoms. The highest BCUT2D eigenvalue weighted by molar-refractivity contribution is 7.87. The van der Waals surface area contributed by atoms with Gasteiger partial charge in [0.15, 0.2) is 0 Å². The van der Waals surface area contributed by atoms with E-state index >= 15 is 0 Å². The smallest absolute Gasteiger partial charge is 0.407 e. The summed E-state index contributed by atoms with van der Waals surface area (Å²) in [7, 11) is -4.40. The summed E-state index contributed by atoms with van der Waals surface area (Å²) in [5, 5.41) is 10.3. The molecule has 10 nitrogen and oxygen atoms in total. The van der Waals surface area contributed by atoms with Gasteiger partial charge in [0, 0.05) is 11.8 Å². The molecule has 2 aromatic heterocycles. The summed E-state index contributed by atoms with van der Waals surface area (Å²) in [5.41, 5.74) is 2.65. The molecule has 0 unspecified atom stereocenters. The zero-order valence-corrected chi connectivity index (χ0v) is 23.9. The number of benzene rings is 2. The van der Waals surface area contributed by atoms with Gasteiger partial charge in [-0.2, -0.15) is 8.42 Å². The minimum Gasteiger partial charge on any atom is -0.450 e. The van der Waals surface area contributed by atoms with Crippen LogP contribution in [-0.4, -0.2) is 42.6 Å². The van der Waals surface area contributed by atoms with Crippen LogP contribution < -0.4 is 15.4 Å². The highest BCUT2D eigenvalue weighted by atomic mass is 32.2. The van der Waals surface area contributed by atoms with E-state index in [4.69, 9.17) is 14.3 Å². The Labute approximate surface area is 240 Å². The Bertz CT molecular complexity index is 1510. The van der Waals surface area contributed by atoms with Crippen LogP contribution in [0.25, 0.3) is 10.6 Å². The van der Waals surface area contributed by atoms with Crippen LogP contribution in [-0.2, 0) is 32.7 Å². The van der Waals surface area contributed by atoms with Gasteiger partial charge in [-0.15, -0.1) is 22.7 Å². The summed E-state index contributed by atoms with van der Waals surface area (Å²) in [6.07, 6.45) is -0.0921. The number of hydrogen-bond donors (Lipinski definition) is 4. The van der Waals surface area contributed by atoms with E-state index in [9.17, 15) is 18.0 Å². The lowest BCUT2D eigenvalue weighted by atomic mass is 10.0. The van der Waals surface area contributed by atoms with Crippen molar-refractivity contribution in [1.82, 2.24) is 15.6 Å². The van der Waals surface area contributed by atoms with Crippen LogP contribution in [0, 0.1) is 0 Å². The first-order valence-electron chi connectivity index (χ1n) is 12.3. The summed E-state index contributed by atoms with van der Waals surface area (Å²) in [6, 6.07) is 18.2. The zero-order valence-electron chi connectivity index (χ0n) is 21.4. The number of amides is 2. The van der Waals surface area contributed by atoms with Crippen LogP contribution in [0.3, 0.4) is 0 Å². The van der Waals surface area contributed by atoms with Crippen molar-refractivity contribution in [2.45, 2.75) is 31.8 Å². The number of carbonyl (C=O) groups is 2. The van der Waals surface area contributed by atoms with Crippen molar-refractivity contribution in [3.63, 3.8) is 0 Å². The molecule has 0 saturated carbocycles. The number of nitrogens with zero attached hydrogens (tertiary/aromatic N) is 1. The standard InChI is InChI=1S/C27H28N4O6S3/c1-2-37-27(33)30-21(15-18-7-4-3-5-8-18)25(32)28-22(26-29-23(17-39-26)24-9-6-14-38-24)16-19-10-12-20(13-11-19)31-40(34,35)36/h3-14,17,21-22,31H,2,15-16H2,1H3,(H,28,32)(H,30,33)(H,34,35,36)/t21-,22-/m0/s1. The van der Waals surface area contributed by atoms with E-state index in [1.165, 1.54) is 23.5 Å². The maximum Gasteiger partial charge on any atom is 0.407 e. The number of thiazole rings is 1. The topological polar surface area (TPSA) is 147 Å². The molecule has 0 aliphatic heterocycles. The van der Waals surface area contributed by atoms with Gasteiger partial charge in [-0.25, -0.2) is 9.78 Å². The molecule has 40 heavy (non-hydrogen) atoms. The quantitative estimate of drug-likeness (QED) is 0.170. The van der Waals surface area contributed by atoms with E-state index in [1.807, 2.05) is 57.9 Å². The summed E-state index contributed by atoms with van der Waals surface area (Å²) < 4.78 is 38.3. The Hall–Kier alpha value is -3.78. The Morgan fingerprint density at radius 3 is 2.33 bits per heavy atom. The third-order valence-corrected chi connectivity index (χ3v) is 8.06. The second-order valence-corrected chi connectivity index (χ2v) is 11.7. The lowest BCUT2D eigenvalue weighted by Crippen LogP contribution is -2.49. The largest absolute Gasteiger partial charge is 0.450 e. The third kappa shape index (κ3) is 8.61. The van der Waals surface area contributed by atoms with Crippen LogP contribution in [0.15, 0.2) is 77.5 Å². The van der Waals surface area contributed by atoms with Gasteiger partial charge in [0.1, 0.15) is 11.0 Å². The lowest BCUT2D eigenvalue weighted by Gasteiger charge is -2.23. The molecule has 2 aromatic carbocycles. The minimum atomic E-state index is -4.40. The van der Waals surface area contributed by atoms with Crippen LogP contribution in [0.1, 0.15) is 29.1 Å². The molecule has 4 aromatic rings. The number of rotatable bonds is 12. The number of anilines is 1. The van der Waals surface area contributed by atoms with E-state index in [0.29, 0.717) is 11.4 Å². The molecule has 2 heterocycles. The number of hydrogen-bond acceptors (Lipinski definition) is 8. The first kappa shape index (κ1) is 29.2. The van der Waals surface area contributed by atoms with Crippen molar-refractivity contribution in [3.8, 4) is 10.6 Å². The van der Waals surface area contributed by atoms with Crippen LogP contribution in [0.5, 0.6) is 0 Å². The predicted octanol–water partition coefficient (Wildman–Crippen LogP) is 4.84. The van der Waals surface area contributed by atoms with Gasteiger partial charge in [-0.1, -0.05) is 48.5 Å². The van der Waals surface area contributed by atoms with E-state index in [0.717, 1.165) is 21.7 Å². The molecule has 0 spiro atoms. The SMILES string of the molecule is CCOC(=O)N[C@@H](Cc1ccccc1)C(=O)N[C@@H](Cc1ccc(NS(=O)(=O)O)cc1)c1nc(-c2cccs2)cs1. The average molecular weight is 601 g/mol. The first-order valence-corrected chi connectivity index (χ1v) is 15.5. The molecule has 4 rings (SSSR count). The molecule has 0 radical (unpaired) electrons. The molecular weight excluding hydrogens is 573 g/mol. The molecule has 0 aliphatic rings. The Morgan fingerprint density at radius 2 is 1.68 bits per heavy atom. The second-order valence-electron chi connectivity index (χ2n) is 8.69. The highest BCUT2D eigenvalue weighted by Crippen LogP contribution is 2.30. The van der Waals surface area contributed by atoms with Crippen molar-refractivity contribution in [2.75, 3.05) is 11.3 Å². The van der Waals surface area contributed by atoms with E-state index in [1.54, 1.807) is 30.4 Å². The number of ether oxygens (including phenoxy) is 1.